The maximum absolute atomic E-state index is 9.19. The molecule has 1 N–H and O–H groups in total. The first-order valence-corrected chi connectivity index (χ1v) is 8.16. The van der Waals surface area contributed by atoms with E-state index < -0.39 is 10.1 Å². The Bertz CT molecular complexity index is 366. The molecule has 0 radical (unpaired) electrons. The molecule has 5 nitrogen and oxygen atoms in total. The molecular weight excluding hydrogens is 252 g/mol. The third kappa shape index (κ3) is 15.1. The molecular formula is C12H24N2O3S. The summed E-state index contributed by atoms with van der Waals surface area (Å²) in [5.74, 6) is 0. The minimum absolute atomic E-state index is 0.715. The molecule has 0 saturated carbocycles. The van der Waals surface area contributed by atoms with Crippen LogP contribution >= 0.6 is 0 Å². The van der Waals surface area contributed by atoms with Crippen LogP contribution in [0.15, 0.2) is 18.7 Å². The molecule has 0 aliphatic carbocycles. The van der Waals surface area contributed by atoms with Crippen molar-refractivity contribution in [2.45, 2.75) is 52.0 Å². The van der Waals surface area contributed by atoms with E-state index in [-0.39, 0.29) is 0 Å². The first-order chi connectivity index (χ1) is 8.43. The molecule has 0 amide bonds. The number of hydrogen-bond acceptors (Lipinski definition) is 3. The Morgan fingerprint density at radius 2 is 1.72 bits per heavy atom. The minimum atomic E-state index is -3.67. The maximum atomic E-state index is 9.19. The van der Waals surface area contributed by atoms with E-state index in [4.69, 9.17) is 4.55 Å². The van der Waals surface area contributed by atoms with Crippen LogP contribution in [0.1, 0.15) is 45.4 Å². The summed E-state index contributed by atoms with van der Waals surface area (Å²) in [5.41, 5.74) is 0. The lowest BCUT2D eigenvalue weighted by atomic mass is 10.1. The standard InChI is InChI=1S/C11H20N2.CH4O3S/c1-2-3-4-5-6-7-9-13-10-8-12-11-13;1-5(2,3)4/h8,10-11H,2-7,9H2,1H3;1H3,(H,2,3,4). The highest BCUT2D eigenvalue weighted by Gasteiger charge is 1.91. The summed E-state index contributed by atoms with van der Waals surface area (Å²) in [7, 11) is -3.67. The Morgan fingerprint density at radius 1 is 1.17 bits per heavy atom. The Labute approximate surface area is 110 Å². The predicted molar refractivity (Wildman–Crippen MR) is 73.1 cm³/mol. The maximum Gasteiger partial charge on any atom is 0.261 e. The summed E-state index contributed by atoms with van der Waals surface area (Å²) in [6.45, 7) is 3.39. The van der Waals surface area contributed by atoms with Gasteiger partial charge in [0.1, 0.15) is 0 Å². The van der Waals surface area contributed by atoms with Crippen LogP contribution in [0.5, 0.6) is 0 Å². The van der Waals surface area contributed by atoms with Crippen LogP contribution in [-0.2, 0) is 16.7 Å². The fraction of sp³-hybridized carbons (Fsp3) is 0.750. The second-order valence-electron chi connectivity index (χ2n) is 4.30. The number of rotatable bonds is 7. The normalized spacial score (nSPS) is 10.8. The number of aromatic nitrogens is 2. The number of hydrogen-bond donors (Lipinski definition) is 1. The third-order valence-electron chi connectivity index (χ3n) is 2.33. The molecule has 0 saturated heterocycles. The van der Waals surface area contributed by atoms with Gasteiger partial charge >= 0.3 is 0 Å². The monoisotopic (exact) mass is 276 g/mol. The van der Waals surface area contributed by atoms with Crippen molar-refractivity contribution < 1.29 is 13.0 Å². The van der Waals surface area contributed by atoms with Crippen LogP contribution in [0.2, 0.25) is 0 Å². The van der Waals surface area contributed by atoms with Gasteiger partial charge in [-0.25, -0.2) is 4.98 Å². The van der Waals surface area contributed by atoms with E-state index >= 15 is 0 Å². The zero-order chi connectivity index (χ0) is 13.9. The van der Waals surface area contributed by atoms with Gasteiger partial charge in [-0.2, -0.15) is 8.42 Å². The van der Waals surface area contributed by atoms with E-state index in [2.05, 4.69) is 16.5 Å². The molecule has 1 heterocycles. The average molecular weight is 276 g/mol. The highest BCUT2D eigenvalue weighted by atomic mass is 32.2. The van der Waals surface area contributed by atoms with Crippen LogP contribution in [-0.4, -0.2) is 28.8 Å². The van der Waals surface area contributed by atoms with Crippen molar-refractivity contribution >= 4 is 10.1 Å². The zero-order valence-corrected chi connectivity index (χ0v) is 12.1. The summed E-state index contributed by atoms with van der Waals surface area (Å²) in [6.07, 6.45) is 14.7. The predicted octanol–water partition coefficient (Wildman–Crippen LogP) is 2.75. The molecule has 1 aromatic heterocycles. The molecule has 106 valence electrons. The molecule has 0 spiro atoms. The van der Waals surface area contributed by atoms with Crippen LogP contribution < -0.4 is 0 Å². The largest absolute Gasteiger partial charge is 0.337 e. The molecule has 0 unspecified atom stereocenters. The van der Waals surface area contributed by atoms with Crippen molar-refractivity contribution in [2.75, 3.05) is 6.26 Å². The SMILES string of the molecule is CCCCCCCCn1ccnc1.CS(=O)(=O)O. The number of unbranched alkanes of at least 4 members (excludes halogenated alkanes) is 5. The van der Waals surface area contributed by atoms with Gasteiger partial charge in [-0.15, -0.1) is 0 Å². The first-order valence-electron chi connectivity index (χ1n) is 6.31. The number of nitrogens with zero attached hydrogens (tertiary/aromatic N) is 2. The van der Waals surface area contributed by atoms with Crippen LogP contribution in [0.25, 0.3) is 0 Å². The van der Waals surface area contributed by atoms with E-state index in [1.807, 2.05) is 18.7 Å². The Hall–Kier alpha value is -0.880. The molecule has 0 fully saturated rings. The second kappa shape index (κ2) is 10.1. The van der Waals surface area contributed by atoms with E-state index in [0.29, 0.717) is 6.26 Å². The van der Waals surface area contributed by atoms with Crippen molar-refractivity contribution in [3.63, 3.8) is 0 Å². The Morgan fingerprint density at radius 3 is 2.22 bits per heavy atom. The second-order valence-corrected chi connectivity index (χ2v) is 5.77. The van der Waals surface area contributed by atoms with Gasteiger partial charge in [-0.3, -0.25) is 4.55 Å². The Kier molecular flexibility index (Phi) is 9.59. The van der Waals surface area contributed by atoms with Gasteiger partial charge in [0.15, 0.2) is 0 Å². The smallest absolute Gasteiger partial charge is 0.261 e. The van der Waals surface area contributed by atoms with Crippen molar-refractivity contribution in [1.29, 1.82) is 0 Å². The first kappa shape index (κ1) is 17.1. The van der Waals surface area contributed by atoms with E-state index in [0.717, 1.165) is 6.54 Å². The number of aryl methyl sites for hydroxylation is 1. The van der Waals surface area contributed by atoms with Gasteiger partial charge in [0, 0.05) is 18.9 Å². The lowest BCUT2D eigenvalue weighted by molar-refractivity contribution is 0.490. The van der Waals surface area contributed by atoms with Gasteiger partial charge in [-0.1, -0.05) is 39.0 Å². The van der Waals surface area contributed by atoms with Crippen LogP contribution in [0.4, 0.5) is 0 Å². The minimum Gasteiger partial charge on any atom is -0.337 e. The van der Waals surface area contributed by atoms with Crippen LogP contribution in [0.3, 0.4) is 0 Å². The lowest BCUT2D eigenvalue weighted by Crippen LogP contribution is -1.93. The molecule has 0 atom stereocenters. The fourth-order valence-corrected chi connectivity index (χ4v) is 1.49. The topological polar surface area (TPSA) is 72.2 Å². The van der Waals surface area contributed by atoms with Crippen molar-refractivity contribution in [1.82, 2.24) is 9.55 Å². The summed E-state index contributed by atoms with van der Waals surface area (Å²) in [4.78, 5) is 4.01. The van der Waals surface area contributed by atoms with E-state index in [1.165, 1.54) is 38.5 Å². The summed E-state index contributed by atoms with van der Waals surface area (Å²) in [5, 5.41) is 0. The van der Waals surface area contributed by atoms with Gasteiger partial charge in [0.05, 0.1) is 12.6 Å². The molecule has 18 heavy (non-hydrogen) atoms. The van der Waals surface area contributed by atoms with Gasteiger partial charge in [0.25, 0.3) is 10.1 Å². The van der Waals surface area contributed by atoms with E-state index in [1.54, 1.807) is 0 Å². The van der Waals surface area contributed by atoms with Crippen LogP contribution in [0, 0.1) is 0 Å². The zero-order valence-electron chi connectivity index (χ0n) is 11.2. The molecule has 0 aliphatic heterocycles. The van der Waals surface area contributed by atoms with Gasteiger partial charge in [0.2, 0.25) is 0 Å². The highest BCUT2D eigenvalue weighted by molar-refractivity contribution is 7.85. The fourth-order valence-electron chi connectivity index (χ4n) is 1.49. The molecule has 0 bridgehead atoms. The lowest BCUT2D eigenvalue weighted by Gasteiger charge is -2.01. The highest BCUT2D eigenvalue weighted by Crippen LogP contribution is 2.05. The van der Waals surface area contributed by atoms with Gasteiger partial charge < -0.3 is 4.57 Å². The summed E-state index contributed by atoms with van der Waals surface area (Å²) < 4.78 is 28.0. The van der Waals surface area contributed by atoms with E-state index in [9.17, 15) is 8.42 Å². The molecule has 6 heteroatoms. The third-order valence-corrected chi connectivity index (χ3v) is 2.33. The average Bonchev–Trinajstić information content (AvgIpc) is 2.73. The van der Waals surface area contributed by atoms with Gasteiger partial charge in [-0.05, 0) is 6.42 Å². The Balaban J connectivity index is 0.000000494. The quantitative estimate of drug-likeness (QED) is 0.614. The summed E-state index contributed by atoms with van der Waals surface area (Å²) in [6, 6.07) is 0. The molecule has 0 aromatic carbocycles. The molecule has 1 aromatic rings. The number of imidazole rings is 1. The molecule has 1 rings (SSSR count). The summed E-state index contributed by atoms with van der Waals surface area (Å²) >= 11 is 0. The van der Waals surface area contributed by atoms with Crippen molar-refractivity contribution in [2.24, 2.45) is 0 Å². The molecule has 0 aliphatic rings. The van der Waals surface area contributed by atoms with Crippen molar-refractivity contribution in [3.05, 3.63) is 18.7 Å². The van der Waals surface area contributed by atoms with Crippen molar-refractivity contribution in [3.8, 4) is 0 Å².